The minimum absolute atomic E-state index is 0.0928. The number of anilines is 1. The van der Waals surface area contributed by atoms with E-state index < -0.39 is 17.5 Å². The maximum atomic E-state index is 13.1. The Labute approximate surface area is 167 Å². The Bertz CT molecular complexity index is 893. The third-order valence-corrected chi connectivity index (χ3v) is 5.91. The van der Waals surface area contributed by atoms with E-state index in [1.54, 1.807) is 12.1 Å². The summed E-state index contributed by atoms with van der Waals surface area (Å²) in [4.78, 5) is 28.4. The highest BCUT2D eigenvalue weighted by Crippen LogP contribution is 2.36. The number of hydrogen-bond acceptors (Lipinski definition) is 4. The second kappa shape index (κ2) is 7.28. The van der Waals surface area contributed by atoms with Gasteiger partial charge in [-0.15, -0.1) is 0 Å². The van der Waals surface area contributed by atoms with Gasteiger partial charge in [-0.05, 0) is 54.8 Å². The van der Waals surface area contributed by atoms with Crippen LogP contribution in [0.25, 0.3) is 0 Å². The van der Waals surface area contributed by atoms with Gasteiger partial charge < -0.3 is 5.11 Å². The van der Waals surface area contributed by atoms with E-state index in [0.717, 1.165) is 10.5 Å². The minimum atomic E-state index is -0.969. The average molecular weight is 403 g/mol. The van der Waals surface area contributed by atoms with Crippen molar-refractivity contribution in [3.63, 3.8) is 0 Å². The first-order valence-corrected chi connectivity index (χ1v) is 9.60. The predicted octanol–water partition coefficient (Wildman–Crippen LogP) is 3.09. The molecule has 2 heterocycles. The molecule has 1 atom stereocenters. The second-order valence-electron chi connectivity index (χ2n) is 7.34. The van der Waals surface area contributed by atoms with Crippen molar-refractivity contribution < 1.29 is 19.1 Å². The Morgan fingerprint density at radius 1 is 1.00 bits per heavy atom. The van der Waals surface area contributed by atoms with E-state index in [9.17, 15) is 19.1 Å². The summed E-state index contributed by atoms with van der Waals surface area (Å²) in [6, 6.07) is 11.9. The van der Waals surface area contributed by atoms with Crippen LogP contribution in [0.3, 0.4) is 0 Å². The van der Waals surface area contributed by atoms with Crippen molar-refractivity contribution in [1.82, 2.24) is 4.90 Å². The zero-order valence-corrected chi connectivity index (χ0v) is 15.9. The van der Waals surface area contributed by atoms with Gasteiger partial charge in [0.15, 0.2) is 0 Å². The Morgan fingerprint density at radius 2 is 1.61 bits per heavy atom. The zero-order valence-electron chi connectivity index (χ0n) is 15.1. The number of imide groups is 1. The molecule has 2 aromatic carbocycles. The van der Waals surface area contributed by atoms with E-state index in [1.165, 1.54) is 24.3 Å². The molecule has 0 spiro atoms. The number of hydrogen-bond donors (Lipinski definition) is 1. The number of benzene rings is 2. The number of amides is 2. The molecular weight excluding hydrogens is 383 g/mol. The summed E-state index contributed by atoms with van der Waals surface area (Å²) in [5, 5.41) is 11.6. The second-order valence-corrected chi connectivity index (χ2v) is 7.77. The lowest BCUT2D eigenvalue weighted by atomic mass is 9.84. The van der Waals surface area contributed by atoms with Gasteiger partial charge in [0.1, 0.15) is 5.82 Å². The topological polar surface area (TPSA) is 60.9 Å². The van der Waals surface area contributed by atoms with Crippen LogP contribution in [0, 0.1) is 5.82 Å². The van der Waals surface area contributed by atoms with Crippen molar-refractivity contribution in [3.8, 4) is 0 Å². The van der Waals surface area contributed by atoms with Gasteiger partial charge in [0, 0.05) is 18.1 Å². The number of carbonyl (C=O) groups is 2. The van der Waals surface area contributed by atoms with Crippen molar-refractivity contribution in [2.75, 3.05) is 18.0 Å². The molecule has 146 valence electrons. The fourth-order valence-corrected chi connectivity index (χ4v) is 4.14. The molecule has 0 aliphatic carbocycles. The van der Waals surface area contributed by atoms with E-state index in [-0.39, 0.29) is 18.2 Å². The number of nitrogens with zero attached hydrogens (tertiary/aromatic N) is 2. The quantitative estimate of drug-likeness (QED) is 0.801. The van der Waals surface area contributed by atoms with Gasteiger partial charge in [0.05, 0.1) is 23.8 Å². The fraction of sp³-hybridized carbons (Fsp3) is 0.333. The maximum Gasteiger partial charge on any atom is 0.251 e. The van der Waals surface area contributed by atoms with E-state index in [1.807, 2.05) is 17.0 Å². The lowest BCUT2D eigenvalue weighted by Gasteiger charge is -2.40. The van der Waals surface area contributed by atoms with Crippen molar-refractivity contribution in [2.24, 2.45) is 0 Å². The Morgan fingerprint density at radius 3 is 2.21 bits per heavy atom. The zero-order chi connectivity index (χ0) is 19.9. The molecule has 4 rings (SSSR count). The summed E-state index contributed by atoms with van der Waals surface area (Å²) in [7, 11) is 0. The van der Waals surface area contributed by atoms with Crippen molar-refractivity contribution >= 4 is 29.1 Å². The first-order chi connectivity index (χ1) is 13.4. The van der Waals surface area contributed by atoms with E-state index in [4.69, 9.17) is 11.6 Å². The third kappa shape index (κ3) is 3.43. The molecule has 28 heavy (non-hydrogen) atoms. The van der Waals surface area contributed by atoms with E-state index in [2.05, 4.69) is 0 Å². The fourth-order valence-electron chi connectivity index (χ4n) is 4.02. The highest BCUT2D eigenvalue weighted by atomic mass is 35.5. The largest absolute Gasteiger partial charge is 0.385 e. The SMILES string of the molecule is O=C1C[C@H](N2CCC(O)(c3ccc(Cl)cc3)CC2)C(=O)N1c1ccc(F)cc1. The van der Waals surface area contributed by atoms with E-state index in [0.29, 0.717) is 36.6 Å². The molecule has 7 heteroatoms. The molecule has 2 amide bonds. The van der Waals surface area contributed by atoms with Gasteiger partial charge in [0.25, 0.3) is 5.91 Å². The number of rotatable bonds is 3. The molecule has 0 radical (unpaired) electrons. The average Bonchev–Trinajstić information content (AvgIpc) is 2.98. The molecule has 2 aromatic rings. The summed E-state index contributed by atoms with van der Waals surface area (Å²) in [5.41, 5.74) is 0.218. The number of piperidine rings is 1. The lowest BCUT2D eigenvalue weighted by Crippen LogP contribution is -2.49. The van der Waals surface area contributed by atoms with Crippen LogP contribution in [0.4, 0.5) is 10.1 Å². The maximum absolute atomic E-state index is 13.1. The highest BCUT2D eigenvalue weighted by Gasteiger charge is 2.45. The summed E-state index contributed by atoms with van der Waals surface area (Å²) >= 11 is 5.92. The molecule has 0 unspecified atom stereocenters. The molecule has 0 aromatic heterocycles. The van der Waals surface area contributed by atoms with Gasteiger partial charge in [0.2, 0.25) is 5.91 Å². The Balaban J connectivity index is 1.46. The van der Waals surface area contributed by atoms with Crippen LogP contribution in [0.5, 0.6) is 0 Å². The van der Waals surface area contributed by atoms with Crippen molar-refractivity contribution in [3.05, 3.63) is 64.9 Å². The molecule has 0 bridgehead atoms. The number of likely N-dealkylation sites (tertiary alicyclic amines) is 1. The smallest absolute Gasteiger partial charge is 0.251 e. The number of carbonyl (C=O) groups excluding carboxylic acids is 2. The van der Waals surface area contributed by atoms with E-state index >= 15 is 0 Å². The number of aliphatic hydroxyl groups is 1. The Kier molecular flexibility index (Phi) is 4.95. The number of halogens is 2. The lowest BCUT2D eigenvalue weighted by molar-refractivity contribution is -0.124. The van der Waals surface area contributed by atoms with Gasteiger partial charge in [-0.2, -0.15) is 0 Å². The first kappa shape index (κ1) is 19.1. The molecule has 0 saturated carbocycles. The predicted molar refractivity (Wildman–Crippen MR) is 103 cm³/mol. The molecule has 2 aliphatic heterocycles. The molecule has 1 N–H and O–H groups in total. The molecule has 5 nitrogen and oxygen atoms in total. The van der Waals surface area contributed by atoms with Crippen LogP contribution in [-0.4, -0.2) is 41.0 Å². The van der Waals surface area contributed by atoms with Crippen LogP contribution in [0.2, 0.25) is 5.02 Å². The van der Waals surface area contributed by atoms with Gasteiger partial charge in [-0.25, -0.2) is 9.29 Å². The molecule has 2 aliphatic rings. The Hall–Kier alpha value is -2.28. The molecule has 2 saturated heterocycles. The first-order valence-electron chi connectivity index (χ1n) is 9.22. The van der Waals surface area contributed by atoms with Crippen LogP contribution in [-0.2, 0) is 15.2 Å². The minimum Gasteiger partial charge on any atom is -0.385 e. The van der Waals surface area contributed by atoms with Crippen molar-refractivity contribution in [1.29, 1.82) is 0 Å². The van der Waals surface area contributed by atoms with Crippen molar-refractivity contribution in [2.45, 2.75) is 30.9 Å². The normalized spacial score (nSPS) is 22.7. The standard InChI is InChI=1S/C21H20ClFN2O3/c22-15-3-1-14(2-4-15)21(28)9-11-24(12-10-21)18-13-19(26)25(20(18)27)17-7-5-16(23)6-8-17/h1-8,18,28H,9-13H2/t18-/m0/s1. The third-order valence-electron chi connectivity index (χ3n) is 5.66. The summed E-state index contributed by atoms with van der Waals surface area (Å²) in [6.45, 7) is 1.00. The van der Waals surface area contributed by atoms with Gasteiger partial charge in [-0.3, -0.25) is 14.5 Å². The summed E-state index contributed by atoms with van der Waals surface area (Å²) in [6.07, 6.45) is 1.02. The highest BCUT2D eigenvalue weighted by molar-refractivity contribution is 6.30. The van der Waals surface area contributed by atoms with Crippen LogP contribution in [0.1, 0.15) is 24.8 Å². The monoisotopic (exact) mass is 402 g/mol. The van der Waals surface area contributed by atoms with Gasteiger partial charge in [-0.1, -0.05) is 23.7 Å². The van der Waals surface area contributed by atoms with Crippen LogP contribution in [0.15, 0.2) is 48.5 Å². The van der Waals surface area contributed by atoms with Gasteiger partial charge >= 0.3 is 0 Å². The molecular formula is C21H20ClFN2O3. The molecule has 2 fully saturated rings. The van der Waals surface area contributed by atoms with Crippen LogP contribution >= 0.6 is 11.6 Å². The van der Waals surface area contributed by atoms with Crippen LogP contribution < -0.4 is 4.90 Å². The summed E-state index contributed by atoms with van der Waals surface area (Å²) in [5.74, 6) is -1.01. The summed E-state index contributed by atoms with van der Waals surface area (Å²) < 4.78 is 13.1.